The molecule has 2 aromatic carbocycles. The van der Waals surface area contributed by atoms with Crippen molar-refractivity contribution in [1.82, 2.24) is 9.88 Å². The summed E-state index contributed by atoms with van der Waals surface area (Å²) in [6.45, 7) is 0. The molecule has 1 aliphatic rings. The van der Waals surface area contributed by atoms with Crippen LogP contribution < -0.4 is 10.2 Å². The lowest BCUT2D eigenvalue weighted by Crippen LogP contribution is -2.54. The molecule has 1 aliphatic heterocycles. The Hall–Kier alpha value is -3.56. The lowest BCUT2D eigenvalue weighted by Gasteiger charge is -2.29. The standard InChI is InChI=1S/C22H14BrN3O4S/c23-14-5-9-15(10-6-14)25-11-1-2-17(25)12-18-19(27)24-22(31)26(20(18)28)16-7-3-13(4-8-16)21(29)30/h1-12H,(H,29,30)(H,24,27,31)/b18-12+. The molecule has 0 saturated carbocycles. The molecule has 2 heterocycles. The van der Waals surface area contributed by atoms with E-state index in [1.165, 1.54) is 35.2 Å². The van der Waals surface area contributed by atoms with E-state index >= 15 is 0 Å². The zero-order valence-corrected chi connectivity index (χ0v) is 18.2. The van der Waals surface area contributed by atoms with Crippen LogP contribution in [0.1, 0.15) is 16.1 Å². The summed E-state index contributed by atoms with van der Waals surface area (Å²) in [6, 6.07) is 16.9. The predicted octanol–water partition coefficient (Wildman–Crippen LogP) is 3.77. The van der Waals surface area contributed by atoms with Crippen LogP contribution in [0.2, 0.25) is 0 Å². The van der Waals surface area contributed by atoms with Gasteiger partial charge in [0, 0.05) is 22.1 Å². The van der Waals surface area contributed by atoms with Crippen molar-refractivity contribution in [2.24, 2.45) is 0 Å². The Balaban J connectivity index is 1.71. The molecule has 0 unspecified atom stereocenters. The fraction of sp³-hybridized carbons (Fsp3) is 0. The Kier molecular flexibility index (Phi) is 5.53. The third kappa shape index (κ3) is 4.05. The summed E-state index contributed by atoms with van der Waals surface area (Å²) >= 11 is 8.58. The van der Waals surface area contributed by atoms with Gasteiger partial charge in [0.25, 0.3) is 11.8 Å². The number of nitrogens with zero attached hydrogens (tertiary/aromatic N) is 2. The van der Waals surface area contributed by atoms with Crippen LogP contribution in [-0.4, -0.2) is 32.6 Å². The fourth-order valence-corrected chi connectivity index (χ4v) is 3.69. The van der Waals surface area contributed by atoms with Gasteiger partial charge in [0.1, 0.15) is 5.57 Å². The smallest absolute Gasteiger partial charge is 0.335 e. The highest BCUT2D eigenvalue weighted by molar-refractivity contribution is 9.10. The summed E-state index contributed by atoms with van der Waals surface area (Å²) in [5, 5.41) is 11.5. The van der Waals surface area contributed by atoms with Crippen molar-refractivity contribution in [1.29, 1.82) is 0 Å². The number of halogens is 1. The topological polar surface area (TPSA) is 91.6 Å². The van der Waals surface area contributed by atoms with Crippen LogP contribution in [0.4, 0.5) is 5.69 Å². The third-order valence-electron chi connectivity index (χ3n) is 4.65. The molecule has 0 radical (unpaired) electrons. The number of benzene rings is 2. The van der Waals surface area contributed by atoms with Gasteiger partial charge in [-0.2, -0.15) is 0 Å². The number of aromatic carboxylic acids is 1. The molecule has 2 amide bonds. The van der Waals surface area contributed by atoms with E-state index in [1.54, 1.807) is 6.07 Å². The Morgan fingerprint density at radius 2 is 1.65 bits per heavy atom. The van der Waals surface area contributed by atoms with Crippen LogP contribution in [0.25, 0.3) is 11.8 Å². The lowest BCUT2D eigenvalue weighted by atomic mass is 10.1. The van der Waals surface area contributed by atoms with Crippen molar-refractivity contribution in [2.75, 3.05) is 4.90 Å². The average molecular weight is 496 g/mol. The maximum absolute atomic E-state index is 13.2. The number of amides is 2. The molecule has 7 nitrogen and oxygen atoms in total. The Bertz CT molecular complexity index is 1250. The second-order valence-electron chi connectivity index (χ2n) is 6.59. The monoisotopic (exact) mass is 495 g/mol. The van der Waals surface area contributed by atoms with Gasteiger partial charge in [-0.1, -0.05) is 15.9 Å². The van der Waals surface area contributed by atoms with Gasteiger partial charge in [-0.3, -0.25) is 19.8 Å². The summed E-state index contributed by atoms with van der Waals surface area (Å²) < 4.78 is 2.78. The minimum Gasteiger partial charge on any atom is -0.478 e. The average Bonchev–Trinajstić information content (AvgIpc) is 3.20. The third-order valence-corrected chi connectivity index (χ3v) is 5.46. The van der Waals surface area contributed by atoms with E-state index in [0.717, 1.165) is 10.2 Å². The molecule has 2 N–H and O–H groups in total. The van der Waals surface area contributed by atoms with Crippen molar-refractivity contribution in [3.63, 3.8) is 0 Å². The molecular weight excluding hydrogens is 482 g/mol. The van der Waals surface area contributed by atoms with Gasteiger partial charge in [0.05, 0.1) is 11.3 Å². The molecular formula is C22H14BrN3O4S. The molecule has 0 spiro atoms. The van der Waals surface area contributed by atoms with Crippen molar-refractivity contribution >= 4 is 62.8 Å². The number of carbonyl (C=O) groups excluding carboxylic acids is 2. The van der Waals surface area contributed by atoms with E-state index in [-0.39, 0.29) is 16.2 Å². The van der Waals surface area contributed by atoms with E-state index in [4.69, 9.17) is 17.3 Å². The van der Waals surface area contributed by atoms with E-state index in [0.29, 0.717) is 11.4 Å². The van der Waals surface area contributed by atoms with Gasteiger partial charge in [-0.15, -0.1) is 0 Å². The number of aromatic nitrogens is 1. The number of carbonyl (C=O) groups is 3. The largest absolute Gasteiger partial charge is 0.478 e. The quantitative estimate of drug-likeness (QED) is 0.326. The first-order valence-corrected chi connectivity index (χ1v) is 10.2. The summed E-state index contributed by atoms with van der Waals surface area (Å²) in [5.74, 6) is -2.28. The number of thiocarbonyl (C=S) groups is 1. The number of hydrogen-bond acceptors (Lipinski definition) is 4. The highest BCUT2D eigenvalue weighted by Gasteiger charge is 2.34. The van der Waals surface area contributed by atoms with Crippen molar-refractivity contribution in [2.45, 2.75) is 0 Å². The van der Waals surface area contributed by atoms with Crippen LogP contribution in [0.5, 0.6) is 0 Å². The van der Waals surface area contributed by atoms with Crippen LogP contribution in [0.3, 0.4) is 0 Å². The first-order valence-electron chi connectivity index (χ1n) is 9.03. The summed E-state index contributed by atoms with van der Waals surface area (Å²) in [5.41, 5.74) is 1.84. The molecule has 9 heteroatoms. The van der Waals surface area contributed by atoms with E-state index in [2.05, 4.69) is 21.2 Å². The molecule has 0 atom stereocenters. The Morgan fingerprint density at radius 1 is 1.00 bits per heavy atom. The number of hydrogen-bond donors (Lipinski definition) is 2. The van der Waals surface area contributed by atoms with Gasteiger partial charge >= 0.3 is 5.97 Å². The highest BCUT2D eigenvalue weighted by atomic mass is 79.9. The number of rotatable bonds is 4. The predicted molar refractivity (Wildman–Crippen MR) is 123 cm³/mol. The second kappa shape index (κ2) is 8.29. The number of nitrogens with one attached hydrogen (secondary N) is 1. The minimum absolute atomic E-state index is 0.0708. The molecule has 1 fully saturated rings. The first kappa shape index (κ1) is 20.7. The Morgan fingerprint density at radius 3 is 2.29 bits per heavy atom. The number of carboxylic acid groups (broad SMARTS) is 1. The first-order chi connectivity index (χ1) is 14.8. The van der Waals surface area contributed by atoms with Gasteiger partial charge in [-0.05, 0) is 79.0 Å². The molecule has 1 aromatic heterocycles. The van der Waals surface area contributed by atoms with Crippen molar-refractivity contribution in [3.8, 4) is 5.69 Å². The molecule has 0 bridgehead atoms. The number of carboxylic acids is 1. The van der Waals surface area contributed by atoms with E-state index < -0.39 is 17.8 Å². The van der Waals surface area contributed by atoms with E-state index in [1.807, 2.05) is 41.1 Å². The zero-order valence-electron chi connectivity index (χ0n) is 15.8. The lowest BCUT2D eigenvalue weighted by molar-refractivity contribution is -0.122. The van der Waals surface area contributed by atoms with Crippen LogP contribution in [-0.2, 0) is 9.59 Å². The normalized spacial score (nSPS) is 15.3. The van der Waals surface area contributed by atoms with Gasteiger partial charge in [0.15, 0.2) is 5.11 Å². The molecule has 4 rings (SSSR count). The van der Waals surface area contributed by atoms with Gasteiger partial charge < -0.3 is 9.67 Å². The zero-order chi connectivity index (χ0) is 22.1. The second-order valence-corrected chi connectivity index (χ2v) is 7.89. The number of anilines is 1. The van der Waals surface area contributed by atoms with Gasteiger partial charge in [-0.25, -0.2) is 4.79 Å². The molecule has 0 aliphatic carbocycles. The van der Waals surface area contributed by atoms with E-state index in [9.17, 15) is 14.4 Å². The van der Waals surface area contributed by atoms with Crippen LogP contribution in [0, 0.1) is 0 Å². The Labute approximate surface area is 190 Å². The summed E-state index contributed by atoms with van der Waals surface area (Å²) in [7, 11) is 0. The maximum Gasteiger partial charge on any atom is 0.335 e. The highest BCUT2D eigenvalue weighted by Crippen LogP contribution is 2.24. The molecule has 154 valence electrons. The minimum atomic E-state index is -1.08. The molecule has 1 saturated heterocycles. The maximum atomic E-state index is 13.2. The summed E-state index contributed by atoms with van der Waals surface area (Å²) in [4.78, 5) is 38.0. The molecule has 3 aromatic rings. The van der Waals surface area contributed by atoms with Crippen molar-refractivity contribution in [3.05, 3.63) is 88.2 Å². The van der Waals surface area contributed by atoms with Crippen LogP contribution >= 0.6 is 28.1 Å². The van der Waals surface area contributed by atoms with Crippen LogP contribution in [0.15, 0.2) is 76.9 Å². The SMILES string of the molecule is O=C1NC(=S)N(c2ccc(C(=O)O)cc2)C(=O)/C1=C/c1cccn1-c1ccc(Br)cc1. The molecule has 31 heavy (non-hydrogen) atoms. The summed E-state index contributed by atoms with van der Waals surface area (Å²) in [6.07, 6.45) is 3.33. The van der Waals surface area contributed by atoms with Gasteiger partial charge in [0.2, 0.25) is 0 Å². The fourth-order valence-electron chi connectivity index (χ4n) is 3.14. The van der Waals surface area contributed by atoms with Crippen molar-refractivity contribution < 1.29 is 19.5 Å².